The van der Waals surface area contributed by atoms with Crippen LogP contribution in [0.4, 0.5) is 0 Å². The summed E-state index contributed by atoms with van der Waals surface area (Å²) in [6.45, 7) is 0. The summed E-state index contributed by atoms with van der Waals surface area (Å²) < 4.78 is 12.9. The molecule has 2 heteroatoms. The lowest BCUT2D eigenvalue weighted by atomic mass is 9.82. The van der Waals surface area contributed by atoms with E-state index in [2.05, 4.69) is 152 Å². The van der Waals surface area contributed by atoms with Gasteiger partial charge in [0.05, 0.1) is 0 Å². The van der Waals surface area contributed by atoms with E-state index in [4.69, 9.17) is 8.83 Å². The fraction of sp³-hybridized carbons (Fsp3) is 0. The van der Waals surface area contributed by atoms with Gasteiger partial charge in [-0.3, -0.25) is 0 Å². The molecule has 0 bridgehead atoms. The first-order chi connectivity index (χ1) is 23.8. The molecule has 0 fully saturated rings. The van der Waals surface area contributed by atoms with Gasteiger partial charge in [0.1, 0.15) is 22.3 Å². The summed E-state index contributed by atoms with van der Waals surface area (Å²) in [5.41, 5.74) is 10.8. The molecule has 0 N–H and O–H groups in total. The van der Waals surface area contributed by atoms with Crippen LogP contribution in [-0.4, -0.2) is 0 Å². The van der Waals surface area contributed by atoms with E-state index in [9.17, 15) is 0 Å². The molecule has 0 aliphatic carbocycles. The van der Waals surface area contributed by atoms with Crippen molar-refractivity contribution in [2.75, 3.05) is 0 Å². The first-order valence-electron chi connectivity index (χ1n) is 16.4. The molecule has 48 heavy (non-hydrogen) atoms. The van der Waals surface area contributed by atoms with Crippen LogP contribution in [-0.2, 0) is 0 Å². The summed E-state index contributed by atoms with van der Waals surface area (Å²) in [7, 11) is 0. The topological polar surface area (TPSA) is 26.3 Å². The fourth-order valence-electron chi connectivity index (χ4n) is 8.28. The second kappa shape index (κ2) is 9.57. The molecule has 2 heterocycles. The number of hydrogen-bond acceptors (Lipinski definition) is 2. The second-order valence-electron chi connectivity index (χ2n) is 12.7. The monoisotopic (exact) mass is 610 g/mol. The molecular formula is C46H26O2. The minimum Gasteiger partial charge on any atom is -0.456 e. The van der Waals surface area contributed by atoms with Crippen molar-refractivity contribution in [2.24, 2.45) is 0 Å². The Hall–Kier alpha value is -6.38. The molecule has 0 atom stereocenters. The van der Waals surface area contributed by atoms with Gasteiger partial charge in [0, 0.05) is 27.1 Å². The summed E-state index contributed by atoms with van der Waals surface area (Å²) in [6.07, 6.45) is 0. The predicted octanol–water partition coefficient (Wildman–Crippen LogP) is 13.4. The summed E-state index contributed by atoms with van der Waals surface area (Å²) in [4.78, 5) is 0. The molecule has 9 aromatic carbocycles. The fourth-order valence-corrected chi connectivity index (χ4v) is 8.28. The lowest BCUT2D eigenvalue weighted by Crippen LogP contribution is -1.93. The van der Waals surface area contributed by atoms with Gasteiger partial charge >= 0.3 is 0 Å². The molecular weight excluding hydrogens is 585 g/mol. The van der Waals surface area contributed by atoms with E-state index in [1.807, 2.05) is 6.07 Å². The van der Waals surface area contributed by atoms with Gasteiger partial charge in [0.25, 0.3) is 0 Å². The van der Waals surface area contributed by atoms with E-state index < -0.39 is 0 Å². The van der Waals surface area contributed by atoms with Gasteiger partial charge in [-0.1, -0.05) is 133 Å². The van der Waals surface area contributed by atoms with E-state index in [-0.39, 0.29) is 0 Å². The average Bonchev–Trinajstić information content (AvgIpc) is 3.72. The minimum absolute atomic E-state index is 0.907. The second-order valence-corrected chi connectivity index (χ2v) is 12.7. The molecule has 0 unspecified atom stereocenters. The molecule has 0 amide bonds. The van der Waals surface area contributed by atoms with E-state index in [0.29, 0.717) is 0 Å². The Morgan fingerprint density at radius 1 is 0.292 bits per heavy atom. The lowest BCUT2D eigenvalue weighted by Gasteiger charge is -2.20. The quantitative estimate of drug-likeness (QED) is 0.147. The van der Waals surface area contributed by atoms with Crippen molar-refractivity contribution >= 4 is 76.2 Å². The van der Waals surface area contributed by atoms with Crippen molar-refractivity contribution in [1.29, 1.82) is 0 Å². The Morgan fingerprint density at radius 2 is 0.792 bits per heavy atom. The van der Waals surface area contributed by atoms with E-state index >= 15 is 0 Å². The standard InChI is InChI=1S/C46H26O2/c1-2-15-30(28(13-1)36-21-10-22-37-29-14-7-8-23-39(29)48-46(36)37)43-31-16-3-5-18-33(31)44(34-19-6-4-17-32(34)43)38-26-27-12-9-24-40-42(27)45-35(38)20-11-25-41(45)47-40/h1-26H. The molecule has 0 spiro atoms. The van der Waals surface area contributed by atoms with Crippen LogP contribution in [0.15, 0.2) is 167 Å². The van der Waals surface area contributed by atoms with Crippen LogP contribution in [0.25, 0.3) is 110 Å². The van der Waals surface area contributed by atoms with Gasteiger partial charge < -0.3 is 8.83 Å². The zero-order valence-electron chi connectivity index (χ0n) is 25.8. The summed E-state index contributed by atoms with van der Waals surface area (Å²) in [5, 5.41) is 12.0. The van der Waals surface area contributed by atoms with Crippen molar-refractivity contribution in [3.8, 4) is 33.4 Å². The lowest BCUT2D eigenvalue weighted by molar-refractivity contribution is 0.669. The van der Waals surface area contributed by atoms with E-state index in [1.165, 1.54) is 65.3 Å². The van der Waals surface area contributed by atoms with Crippen LogP contribution in [0, 0.1) is 0 Å². The zero-order chi connectivity index (χ0) is 31.3. The maximum atomic E-state index is 6.56. The maximum absolute atomic E-state index is 6.56. The van der Waals surface area contributed by atoms with Gasteiger partial charge in [-0.2, -0.15) is 0 Å². The Kier molecular flexibility index (Phi) is 5.14. The Labute approximate surface area is 275 Å². The van der Waals surface area contributed by atoms with Crippen molar-refractivity contribution in [1.82, 2.24) is 0 Å². The first kappa shape index (κ1) is 25.8. The van der Waals surface area contributed by atoms with Crippen LogP contribution in [0.3, 0.4) is 0 Å². The van der Waals surface area contributed by atoms with Crippen molar-refractivity contribution in [3.63, 3.8) is 0 Å². The van der Waals surface area contributed by atoms with Crippen molar-refractivity contribution in [2.45, 2.75) is 0 Å². The van der Waals surface area contributed by atoms with Gasteiger partial charge in [-0.05, 0) is 84.4 Å². The Bertz CT molecular complexity index is 3010. The third-order valence-corrected chi connectivity index (χ3v) is 10.2. The molecule has 0 aliphatic rings. The highest BCUT2D eigenvalue weighted by Gasteiger charge is 2.23. The highest BCUT2D eigenvalue weighted by atomic mass is 16.3. The Morgan fingerprint density at radius 3 is 1.54 bits per heavy atom. The third-order valence-electron chi connectivity index (χ3n) is 10.2. The SMILES string of the molecule is c1ccc(-c2cccc3c2oc2ccccc23)c(-c2c3ccccc3c(-c3cc4cccc5oc6cccc3c6c45)c3ccccc23)c1. The predicted molar refractivity (Wildman–Crippen MR) is 201 cm³/mol. The summed E-state index contributed by atoms with van der Waals surface area (Å²) in [5.74, 6) is 0. The van der Waals surface area contributed by atoms with E-state index in [0.717, 1.165) is 44.2 Å². The molecule has 11 aromatic rings. The minimum atomic E-state index is 0.907. The Balaban J connectivity index is 1.27. The van der Waals surface area contributed by atoms with Crippen LogP contribution >= 0.6 is 0 Å². The van der Waals surface area contributed by atoms with Gasteiger partial charge in [-0.15, -0.1) is 0 Å². The molecule has 0 saturated carbocycles. The number of para-hydroxylation sites is 2. The highest BCUT2D eigenvalue weighted by Crippen LogP contribution is 2.50. The number of rotatable bonds is 3. The molecule has 0 radical (unpaired) electrons. The van der Waals surface area contributed by atoms with Crippen LogP contribution < -0.4 is 0 Å². The number of furan rings is 2. The van der Waals surface area contributed by atoms with E-state index in [1.54, 1.807) is 0 Å². The number of fused-ring (bicyclic) bond motifs is 5. The van der Waals surface area contributed by atoms with Crippen molar-refractivity contribution in [3.05, 3.63) is 158 Å². The highest BCUT2D eigenvalue weighted by molar-refractivity contribution is 6.30. The molecule has 0 saturated heterocycles. The summed E-state index contributed by atoms with van der Waals surface area (Å²) >= 11 is 0. The molecule has 2 aromatic heterocycles. The van der Waals surface area contributed by atoms with Crippen LogP contribution in [0.2, 0.25) is 0 Å². The number of benzene rings is 9. The van der Waals surface area contributed by atoms with Crippen LogP contribution in [0.5, 0.6) is 0 Å². The molecule has 11 rings (SSSR count). The maximum Gasteiger partial charge on any atom is 0.143 e. The van der Waals surface area contributed by atoms with Gasteiger partial charge in [0.15, 0.2) is 0 Å². The normalized spacial score (nSPS) is 12.2. The number of hydrogen-bond donors (Lipinski definition) is 0. The summed E-state index contributed by atoms with van der Waals surface area (Å²) in [6, 6.07) is 56.6. The van der Waals surface area contributed by atoms with Gasteiger partial charge in [0.2, 0.25) is 0 Å². The largest absolute Gasteiger partial charge is 0.456 e. The molecule has 0 aliphatic heterocycles. The van der Waals surface area contributed by atoms with Crippen LogP contribution in [0.1, 0.15) is 0 Å². The average molecular weight is 611 g/mol. The molecule has 222 valence electrons. The smallest absolute Gasteiger partial charge is 0.143 e. The van der Waals surface area contributed by atoms with Gasteiger partial charge in [-0.25, -0.2) is 0 Å². The zero-order valence-corrected chi connectivity index (χ0v) is 25.8. The first-order valence-corrected chi connectivity index (χ1v) is 16.4. The van der Waals surface area contributed by atoms with Crippen molar-refractivity contribution < 1.29 is 8.83 Å². The third kappa shape index (κ3) is 3.41. The molecule has 2 nitrogen and oxygen atoms in total.